The number of benzene rings is 1. The molecule has 23 heavy (non-hydrogen) atoms. The second-order valence-corrected chi connectivity index (χ2v) is 6.58. The van der Waals surface area contributed by atoms with E-state index in [1.165, 1.54) is 0 Å². The van der Waals surface area contributed by atoms with Crippen LogP contribution in [0.25, 0.3) is 0 Å². The number of amides is 1. The van der Waals surface area contributed by atoms with E-state index in [0.29, 0.717) is 6.54 Å². The highest BCUT2D eigenvalue weighted by Gasteiger charge is 2.26. The molecule has 0 bridgehead atoms. The highest BCUT2D eigenvalue weighted by Crippen LogP contribution is 2.36. The Kier molecular flexibility index (Phi) is 6.71. The molecule has 1 aliphatic rings. The highest BCUT2D eigenvalue weighted by atomic mass is 35.5. The van der Waals surface area contributed by atoms with E-state index in [9.17, 15) is 4.79 Å². The van der Waals surface area contributed by atoms with Crippen LogP contribution < -0.4 is 20.5 Å². The number of rotatable bonds is 6. The summed E-state index contributed by atoms with van der Waals surface area (Å²) in [5.74, 6) is 1.60. The zero-order chi connectivity index (χ0) is 16.3. The first kappa shape index (κ1) is 19.6. The second kappa shape index (κ2) is 7.88. The minimum atomic E-state index is -0.461. The van der Waals surface area contributed by atoms with Gasteiger partial charge in [0.1, 0.15) is 0 Å². The lowest BCUT2D eigenvalue weighted by Crippen LogP contribution is -2.47. The number of nitrogens with two attached hydrogens (primary N) is 1. The lowest BCUT2D eigenvalue weighted by atomic mass is 9.84. The number of fused-ring (bicyclic) bond motifs is 1. The average Bonchev–Trinajstić information content (AvgIpc) is 2.98. The molecule has 1 aliphatic heterocycles. The maximum absolute atomic E-state index is 12.1. The summed E-state index contributed by atoms with van der Waals surface area (Å²) in [5, 5.41) is 2.97. The molecule has 1 amide bonds. The van der Waals surface area contributed by atoms with Gasteiger partial charge < -0.3 is 20.5 Å². The maximum atomic E-state index is 12.1. The van der Waals surface area contributed by atoms with Gasteiger partial charge in [0.2, 0.25) is 12.7 Å². The number of carbonyl (C=O) groups is 1. The third kappa shape index (κ3) is 4.52. The van der Waals surface area contributed by atoms with Crippen LogP contribution in [-0.2, 0) is 10.2 Å². The van der Waals surface area contributed by atoms with Gasteiger partial charge in [0.05, 0.1) is 6.04 Å². The van der Waals surface area contributed by atoms with E-state index in [2.05, 4.69) is 19.2 Å². The minimum absolute atomic E-state index is 0. The molecule has 6 heteroatoms. The van der Waals surface area contributed by atoms with Gasteiger partial charge in [0, 0.05) is 12.0 Å². The Balaban J connectivity index is 0.00000264. The number of hydrogen-bond donors (Lipinski definition) is 2. The molecule has 1 heterocycles. The summed E-state index contributed by atoms with van der Waals surface area (Å²) < 4.78 is 10.7. The van der Waals surface area contributed by atoms with Gasteiger partial charge in [-0.3, -0.25) is 4.79 Å². The fourth-order valence-electron chi connectivity index (χ4n) is 2.36. The Bertz CT molecular complexity index is 549. The third-order valence-corrected chi connectivity index (χ3v) is 4.42. The van der Waals surface area contributed by atoms with Crippen molar-refractivity contribution in [1.82, 2.24) is 5.32 Å². The van der Waals surface area contributed by atoms with E-state index in [4.69, 9.17) is 15.2 Å². The van der Waals surface area contributed by atoms with Crippen molar-refractivity contribution in [3.05, 3.63) is 23.8 Å². The van der Waals surface area contributed by atoms with Crippen molar-refractivity contribution in [2.45, 2.75) is 45.6 Å². The van der Waals surface area contributed by atoms with E-state index >= 15 is 0 Å². The standard InChI is InChI=1S/C17H26N2O3.ClH/c1-5-11(2)15(18)16(20)19-9-17(3,4)12-6-7-13-14(8-12)22-10-21-13;/h6-8,11,15H,5,9-10,18H2,1-4H3,(H,19,20);1H. The first-order valence-electron chi connectivity index (χ1n) is 7.78. The Morgan fingerprint density at radius 1 is 1.35 bits per heavy atom. The quantitative estimate of drug-likeness (QED) is 0.833. The van der Waals surface area contributed by atoms with Gasteiger partial charge in [-0.2, -0.15) is 0 Å². The molecule has 0 saturated heterocycles. The van der Waals surface area contributed by atoms with Crippen LogP contribution in [0.2, 0.25) is 0 Å². The van der Waals surface area contributed by atoms with Crippen molar-refractivity contribution in [3.8, 4) is 11.5 Å². The minimum Gasteiger partial charge on any atom is -0.454 e. The summed E-state index contributed by atoms with van der Waals surface area (Å²) in [5.41, 5.74) is 6.84. The van der Waals surface area contributed by atoms with Gasteiger partial charge in [-0.05, 0) is 23.6 Å². The van der Waals surface area contributed by atoms with Crippen LogP contribution >= 0.6 is 12.4 Å². The summed E-state index contributed by atoms with van der Waals surface area (Å²) in [4.78, 5) is 12.1. The molecule has 0 radical (unpaired) electrons. The number of carbonyl (C=O) groups excluding carboxylic acids is 1. The first-order chi connectivity index (χ1) is 10.3. The summed E-state index contributed by atoms with van der Waals surface area (Å²) >= 11 is 0. The predicted molar refractivity (Wildman–Crippen MR) is 93.3 cm³/mol. The molecule has 0 aliphatic carbocycles. The van der Waals surface area contributed by atoms with Crippen molar-refractivity contribution in [2.75, 3.05) is 13.3 Å². The van der Waals surface area contributed by atoms with Gasteiger partial charge in [-0.1, -0.05) is 40.2 Å². The highest BCUT2D eigenvalue weighted by molar-refractivity contribution is 5.85. The van der Waals surface area contributed by atoms with E-state index in [1.807, 2.05) is 32.0 Å². The fourth-order valence-corrected chi connectivity index (χ4v) is 2.36. The normalized spacial score (nSPS) is 15.5. The lowest BCUT2D eigenvalue weighted by Gasteiger charge is -2.27. The van der Waals surface area contributed by atoms with Crippen LogP contribution in [0.5, 0.6) is 11.5 Å². The van der Waals surface area contributed by atoms with Gasteiger partial charge in [-0.25, -0.2) is 0 Å². The maximum Gasteiger partial charge on any atom is 0.237 e. The Morgan fingerprint density at radius 3 is 2.65 bits per heavy atom. The van der Waals surface area contributed by atoms with Crippen molar-refractivity contribution < 1.29 is 14.3 Å². The molecule has 2 rings (SSSR count). The first-order valence-corrected chi connectivity index (χ1v) is 7.78. The van der Waals surface area contributed by atoms with Crippen LogP contribution in [0.4, 0.5) is 0 Å². The number of halogens is 1. The van der Waals surface area contributed by atoms with Gasteiger partial charge in [-0.15, -0.1) is 12.4 Å². The summed E-state index contributed by atoms with van der Waals surface area (Å²) in [6, 6.07) is 5.43. The molecule has 0 saturated carbocycles. The monoisotopic (exact) mass is 342 g/mol. The molecule has 1 aromatic carbocycles. The van der Waals surface area contributed by atoms with Gasteiger partial charge in [0.15, 0.2) is 11.5 Å². The van der Waals surface area contributed by atoms with Crippen LogP contribution in [0.3, 0.4) is 0 Å². The number of ether oxygens (including phenoxy) is 2. The molecule has 2 unspecified atom stereocenters. The Hall–Kier alpha value is -1.46. The molecule has 5 nitrogen and oxygen atoms in total. The molecule has 0 aromatic heterocycles. The summed E-state index contributed by atoms with van der Waals surface area (Å²) in [6.45, 7) is 8.98. The fraction of sp³-hybridized carbons (Fsp3) is 0.588. The topological polar surface area (TPSA) is 73.6 Å². The largest absolute Gasteiger partial charge is 0.454 e. The van der Waals surface area contributed by atoms with E-state index in [-0.39, 0.29) is 36.4 Å². The van der Waals surface area contributed by atoms with Crippen LogP contribution in [0.15, 0.2) is 18.2 Å². The van der Waals surface area contributed by atoms with Crippen molar-refractivity contribution in [3.63, 3.8) is 0 Å². The summed E-state index contributed by atoms with van der Waals surface area (Å²) in [7, 11) is 0. The lowest BCUT2D eigenvalue weighted by molar-refractivity contribution is -0.123. The molecule has 0 fully saturated rings. The van der Waals surface area contributed by atoms with Crippen LogP contribution in [-0.4, -0.2) is 25.3 Å². The molecule has 1 aromatic rings. The zero-order valence-corrected chi connectivity index (χ0v) is 15.0. The number of hydrogen-bond acceptors (Lipinski definition) is 4. The molecule has 2 atom stereocenters. The van der Waals surface area contributed by atoms with E-state index in [0.717, 1.165) is 23.5 Å². The zero-order valence-electron chi connectivity index (χ0n) is 14.2. The van der Waals surface area contributed by atoms with Crippen molar-refractivity contribution >= 4 is 18.3 Å². The Morgan fingerprint density at radius 2 is 2.00 bits per heavy atom. The Labute approximate surface area is 144 Å². The van der Waals surface area contributed by atoms with E-state index < -0.39 is 6.04 Å². The molecule has 3 N–H and O–H groups in total. The van der Waals surface area contributed by atoms with Gasteiger partial charge in [0.25, 0.3) is 0 Å². The molecular weight excluding hydrogens is 316 g/mol. The predicted octanol–water partition coefficient (Wildman–Crippen LogP) is 2.60. The van der Waals surface area contributed by atoms with Crippen molar-refractivity contribution in [1.29, 1.82) is 0 Å². The SMILES string of the molecule is CCC(C)C(N)C(=O)NCC(C)(C)c1ccc2c(c1)OCO2.Cl. The average molecular weight is 343 g/mol. The van der Waals surface area contributed by atoms with E-state index in [1.54, 1.807) is 0 Å². The second-order valence-electron chi connectivity index (χ2n) is 6.58. The molecule has 0 spiro atoms. The molecule has 130 valence electrons. The smallest absolute Gasteiger partial charge is 0.237 e. The number of nitrogens with one attached hydrogen (secondary N) is 1. The molecular formula is C17H27ClN2O3. The van der Waals surface area contributed by atoms with Crippen molar-refractivity contribution in [2.24, 2.45) is 11.7 Å². The third-order valence-electron chi connectivity index (χ3n) is 4.42. The van der Waals surface area contributed by atoms with Gasteiger partial charge >= 0.3 is 0 Å². The van der Waals surface area contributed by atoms with Crippen LogP contribution in [0, 0.1) is 5.92 Å². The summed E-state index contributed by atoms with van der Waals surface area (Å²) in [6.07, 6.45) is 0.889. The van der Waals surface area contributed by atoms with Crippen LogP contribution in [0.1, 0.15) is 39.7 Å².